The Hall–Kier alpha value is -2.87. The summed E-state index contributed by atoms with van der Waals surface area (Å²) < 4.78 is 0.618. The maximum Gasteiger partial charge on any atom is 0.252 e. The van der Waals surface area contributed by atoms with E-state index >= 15 is 0 Å². The third-order valence-corrected chi connectivity index (χ3v) is 2.57. The van der Waals surface area contributed by atoms with Crippen molar-refractivity contribution in [3.63, 3.8) is 0 Å². The van der Waals surface area contributed by atoms with E-state index in [1.165, 1.54) is 24.5 Å². The van der Waals surface area contributed by atoms with E-state index in [2.05, 4.69) is 5.32 Å². The summed E-state index contributed by atoms with van der Waals surface area (Å²) in [5.41, 5.74) is 1.82. The zero-order chi connectivity index (χ0) is 13.7. The first-order chi connectivity index (χ1) is 9.19. The van der Waals surface area contributed by atoms with Crippen LogP contribution in [0.15, 0.2) is 48.8 Å². The smallest absolute Gasteiger partial charge is 0.252 e. The molecule has 5 heteroatoms. The van der Waals surface area contributed by atoms with Crippen LogP contribution in [0.25, 0.3) is 0 Å². The van der Waals surface area contributed by atoms with Crippen LogP contribution in [-0.2, 0) is 6.54 Å². The molecule has 0 unspecified atom stereocenters. The molecule has 0 bridgehead atoms. The van der Waals surface area contributed by atoms with Gasteiger partial charge < -0.3 is 10.5 Å². The second-order valence-corrected chi connectivity index (χ2v) is 3.94. The maximum atomic E-state index is 11.8. The fourth-order valence-corrected chi connectivity index (χ4v) is 1.60. The Balaban J connectivity index is 2.00. The topological polar surface area (TPSA) is 79.8 Å². The molecule has 5 nitrogen and oxygen atoms in total. The minimum atomic E-state index is -0.261. The van der Waals surface area contributed by atoms with Gasteiger partial charge in [0.25, 0.3) is 5.91 Å². The van der Waals surface area contributed by atoms with E-state index in [1.807, 2.05) is 12.1 Å². The van der Waals surface area contributed by atoms with Crippen molar-refractivity contribution in [3.05, 3.63) is 70.7 Å². The van der Waals surface area contributed by atoms with E-state index < -0.39 is 0 Å². The van der Waals surface area contributed by atoms with Crippen LogP contribution >= 0.6 is 0 Å². The van der Waals surface area contributed by atoms with Crippen LogP contribution in [0.3, 0.4) is 0 Å². The number of amides is 1. The van der Waals surface area contributed by atoms with Gasteiger partial charge in [-0.15, -0.1) is 0 Å². The van der Waals surface area contributed by atoms with Gasteiger partial charge >= 0.3 is 0 Å². The third-order valence-electron chi connectivity index (χ3n) is 2.57. The second kappa shape index (κ2) is 5.65. The zero-order valence-electron chi connectivity index (χ0n) is 10.0. The molecule has 1 heterocycles. The Bertz CT molecular complexity index is 630. The van der Waals surface area contributed by atoms with Crippen molar-refractivity contribution in [2.45, 2.75) is 6.54 Å². The second-order valence-electron chi connectivity index (χ2n) is 3.94. The van der Waals surface area contributed by atoms with Crippen molar-refractivity contribution in [2.75, 3.05) is 0 Å². The summed E-state index contributed by atoms with van der Waals surface area (Å²) in [5.74, 6) is -0.261. The monoisotopic (exact) mass is 253 g/mol. The lowest BCUT2D eigenvalue weighted by atomic mass is 10.1. The Morgan fingerprint density at radius 3 is 2.74 bits per heavy atom. The lowest BCUT2D eigenvalue weighted by Gasteiger charge is -2.05. The van der Waals surface area contributed by atoms with E-state index in [9.17, 15) is 10.0 Å². The molecule has 1 N–H and O–H groups in total. The minimum Gasteiger partial charge on any atom is -0.619 e. The molecule has 0 atom stereocenters. The van der Waals surface area contributed by atoms with Gasteiger partial charge in [-0.2, -0.15) is 9.99 Å². The van der Waals surface area contributed by atoms with E-state index in [4.69, 9.17) is 5.26 Å². The van der Waals surface area contributed by atoms with Gasteiger partial charge in [-0.3, -0.25) is 4.79 Å². The fraction of sp³-hybridized carbons (Fsp3) is 0.0714. The molecule has 2 rings (SSSR count). The number of carbonyl (C=O) groups is 1. The van der Waals surface area contributed by atoms with Crippen LogP contribution in [0, 0.1) is 16.5 Å². The third kappa shape index (κ3) is 3.30. The first-order valence-corrected chi connectivity index (χ1v) is 5.65. The van der Waals surface area contributed by atoms with Crippen molar-refractivity contribution in [3.8, 4) is 6.07 Å². The van der Waals surface area contributed by atoms with E-state index in [-0.39, 0.29) is 5.91 Å². The lowest BCUT2D eigenvalue weighted by Crippen LogP contribution is -2.27. The molecule has 0 spiro atoms. The van der Waals surface area contributed by atoms with Gasteiger partial charge in [0.2, 0.25) is 0 Å². The molecule has 19 heavy (non-hydrogen) atoms. The first kappa shape index (κ1) is 12.6. The summed E-state index contributed by atoms with van der Waals surface area (Å²) in [7, 11) is 0. The highest BCUT2D eigenvalue weighted by Crippen LogP contribution is 2.04. The quantitative estimate of drug-likeness (QED) is 0.657. The van der Waals surface area contributed by atoms with Crippen molar-refractivity contribution >= 4 is 5.91 Å². The Morgan fingerprint density at radius 1 is 1.32 bits per heavy atom. The number of nitriles is 1. The molecule has 94 valence electrons. The van der Waals surface area contributed by atoms with Crippen LogP contribution in [0.5, 0.6) is 0 Å². The molecular formula is C14H11N3O2. The molecule has 0 saturated carbocycles. The predicted octanol–water partition coefficient (Wildman–Crippen LogP) is 1.12. The molecule has 0 saturated heterocycles. The van der Waals surface area contributed by atoms with Crippen molar-refractivity contribution < 1.29 is 9.52 Å². The Labute approximate surface area is 110 Å². The normalized spacial score (nSPS) is 9.63. The van der Waals surface area contributed by atoms with E-state index in [1.54, 1.807) is 18.2 Å². The van der Waals surface area contributed by atoms with Crippen molar-refractivity contribution in [1.82, 2.24) is 5.32 Å². The number of aromatic nitrogens is 1. The van der Waals surface area contributed by atoms with Crippen molar-refractivity contribution in [1.29, 1.82) is 5.26 Å². The Kier molecular flexibility index (Phi) is 3.74. The van der Waals surface area contributed by atoms with Crippen LogP contribution in [0.2, 0.25) is 0 Å². The number of nitrogens with zero attached hydrogens (tertiary/aromatic N) is 2. The summed E-state index contributed by atoms with van der Waals surface area (Å²) in [6.45, 7) is 0.334. The summed E-state index contributed by atoms with van der Waals surface area (Å²) in [6, 6.07) is 12.0. The van der Waals surface area contributed by atoms with Crippen LogP contribution in [0.1, 0.15) is 21.5 Å². The first-order valence-electron chi connectivity index (χ1n) is 5.65. The molecule has 0 aliphatic rings. The standard InChI is InChI=1S/C14H11N3O2/c15-9-11-2-1-3-12(8-11)10-16-14(18)13-4-6-17(19)7-5-13/h1-8H,10H2,(H,16,18). The number of carbonyl (C=O) groups excluding carboxylic acids is 1. The summed E-state index contributed by atoms with van der Waals surface area (Å²) in [6.07, 6.45) is 2.54. The van der Waals surface area contributed by atoms with Gasteiger partial charge in [-0.25, -0.2) is 0 Å². The number of nitrogens with one attached hydrogen (secondary N) is 1. The average molecular weight is 253 g/mol. The van der Waals surface area contributed by atoms with Crippen LogP contribution in [0.4, 0.5) is 0 Å². The maximum absolute atomic E-state index is 11.8. The lowest BCUT2D eigenvalue weighted by molar-refractivity contribution is -0.605. The number of rotatable bonds is 3. The number of benzene rings is 1. The van der Waals surface area contributed by atoms with Crippen LogP contribution < -0.4 is 10.0 Å². The molecule has 2 aromatic rings. The number of hydrogen-bond donors (Lipinski definition) is 1. The molecule has 0 aliphatic heterocycles. The molecule has 1 amide bonds. The van der Waals surface area contributed by atoms with Gasteiger partial charge in [0.15, 0.2) is 12.4 Å². The summed E-state index contributed by atoms with van der Waals surface area (Å²) >= 11 is 0. The Morgan fingerprint density at radius 2 is 2.05 bits per heavy atom. The van der Waals surface area contributed by atoms with Gasteiger partial charge in [-0.05, 0) is 17.7 Å². The zero-order valence-corrected chi connectivity index (χ0v) is 10.0. The number of hydrogen-bond acceptors (Lipinski definition) is 3. The molecule has 0 aliphatic carbocycles. The predicted molar refractivity (Wildman–Crippen MR) is 67.7 cm³/mol. The highest BCUT2D eigenvalue weighted by molar-refractivity contribution is 5.93. The molecule has 1 aromatic heterocycles. The van der Waals surface area contributed by atoms with Gasteiger partial charge in [0, 0.05) is 18.7 Å². The molecule has 1 aromatic carbocycles. The number of pyridine rings is 1. The fourth-order valence-electron chi connectivity index (χ4n) is 1.60. The average Bonchev–Trinajstić information content (AvgIpc) is 2.46. The largest absolute Gasteiger partial charge is 0.619 e. The molecular weight excluding hydrogens is 242 g/mol. The van der Waals surface area contributed by atoms with Crippen molar-refractivity contribution in [2.24, 2.45) is 0 Å². The molecule has 0 fully saturated rings. The van der Waals surface area contributed by atoms with E-state index in [0.29, 0.717) is 22.4 Å². The van der Waals surface area contributed by atoms with Gasteiger partial charge in [0.1, 0.15) is 0 Å². The summed E-state index contributed by atoms with van der Waals surface area (Å²) in [5, 5.41) is 22.3. The van der Waals surface area contributed by atoms with Gasteiger partial charge in [-0.1, -0.05) is 12.1 Å². The molecule has 0 radical (unpaired) electrons. The highest BCUT2D eigenvalue weighted by Gasteiger charge is 2.06. The van der Waals surface area contributed by atoms with E-state index in [0.717, 1.165) is 5.56 Å². The van der Waals surface area contributed by atoms with Gasteiger partial charge in [0.05, 0.1) is 17.2 Å². The van der Waals surface area contributed by atoms with Crippen LogP contribution in [-0.4, -0.2) is 5.91 Å². The summed E-state index contributed by atoms with van der Waals surface area (Å²) in [4.78, 5) is 11.8. The highest BCUT2D eigenvalue weighted by atomic mass is 16.5. The SMILES string of the molecule is N#Cc1cccc(CNC(=O)c2cc[n+]([O-])cc2)c1. The minimum absolute atomic E-state index is 0.261.